The molecular weight excluding hydrogens is 220 g/mol. The van der Waals surface area contributed by atoms with Crippen LogP contribution in [-0.4, -0.2) is 15.0 Å². The van der Waals surface area contributed by atoms with Gasteiger partial charge in [-0.3, -0.25) is 0 Å². The molecule has 0 spiro atoms. The van der Waals surface area contributed by atoms with Gasteiger partial charge in [-0.15, -0.1) is 11.3 Å². The Morgan fingerprint density at radius 1 is 1.25 bits per heavy atom. The maximum Gasteiger partial charge on any atom is 0.223 e. The predicted molar refractivity (Wildman–Crippen MR) is 65.4 cm³/mol. The fraction of sp³-hybridized carbons (Fsp3) is 0.364. The van der Waals surface area contributed by atoms with E-state index in [1.54, 1.807) is 11.3 Å². The fourth-order valence-electron chi connectivity index (χ4n) is 1.47. The van der Waals surface area contributed by atoms with E-state index in [0.29, 0.717) is 5.95 Å². The van der Waals surface area contributed by atoms with Crippen LogP contribution in [0.4, 0.5) is 5.95 Å². The number of aryl methyl sites for hydroxylation is 1. The number of hydrogen-bond acceptors (Lipinski definition) is 5. The minimum absolute atomic E-state index is 0.324. The van der Waals surface area contributed by atoms with E-state index in [1.807, 2.05) is 11.4 Å². The monoisotopic (exact) mass is 234 g/mol. The molecule has 0 atom stereocenters. The molecule has 0 bridgehead atoms. The van der Waals surface area contributed by atoms with Crippen LogP contribution in [0.2, 0.25) is 0 Å². The molecule has 4 nitrogen and oxygen atoms in total. The van der Waals surface area contributed by atoms with Crippen LogP contribution in [0.25, 0.3) is 0 Å². The number of rotatable bonds is 4. The van der Waals surface area contributed by atoms with Crippen molar-refractivity contribution in [1.29, 1.82) is 0 Å². The molecule has 2 aromatic heterocycles. The summed E-state index contributed by atoms with van der Waals surface area (Å²) in [6.45, 7) is 2.10. The molecule has 0 aliphatic carbocycles. The third kappa shape index (κ3) is 2.76. The summed E-state index contributed by atoms with van der Waals surface area (Å²) in [5.41, 5.74) is 5.66. The van der Waals surface area contributed by atoms with Crippen molar-refractivity contribution in [3.8, 4) is 0 Å². The van der Waals surface area contributed by atoms with Crippen LogP contribution in [0.5, 0.6) is 0 Å². The van der Waals surface area contributed by atoms with Gasteiger partial charge in [-0.05, 0) is 17.9 Å². The molecule has 5 heteroatoms. The smallest absolute Gasteiger partial charge is 0.223 e. The second-order valence-corrected chi connectivity index (χ2v) is 4.56. The van der Waals surface area contributed by atoms with E-state index in [0.717, 1.165) is 30.9 Å². The van der Waals surface area contributed by atoms with Crippen LogP contribution in [-0.2, 0) is 12.8 Å². The lowest BCUT2D eigenvalue weighted by Gasteiger charge is -2.02. The van der Waals surface area contributed by atoms with Gasteiger partial charge < -0.3 is 5.73 Å². The summed E-state index contributed by atoms with van der Waals surface area (Å²) in [4.78, 5) is 13.9. The van der Waals surface area contributed by atoms with Gasteiger partial charge in [-0.1, -0.05) is 13.0 Å². The molecule has 2 N–H and O–H groups in total. The van der Waals surface area contributed by atoms with Crippen molar-refractivity contribution in [2.45, 2.75) is 26.2 Å². The van der Waals surface area contributed by atoms with Gasteiger partial charge in [-0.25, -0.2) is 4.98 Å². The van der Waals surface area contributed by atoms with E-state index in [9.17, 15) is 0 Å². The summed E-state index contributed by atoms with van der Waals surface area (Å²) >= 11 is 1.70. The lowest BCUT2D eigenvalue weighted by atomic mass is 10.3. The molecule has 84 valence electrons. The predicted octanol–water partition coefficient (Wildman–Crippen LogP) is 2.06. The molecule has 0 fully saturated rings. The third-order valence-corrected chi connectivity index (χ3v) is 3.01. The Morgan fingerprint density at radius 2 is 2.06 bits per heavy atom. The van der Waals surface area contributed by atoms with Crippen molar-refractivity contribution in [2.24, 2.45) is 0 Å². The van der Waals surface area contributed by atoms with Crippen molar-refractivity contribution in [3.05, 3.63) is 34.0 Å². The lowest BCUT2D eigenvalue weighted by Crippen LogP contribution is -2.07. The first-order chi connectivity index (χ1) is 7.78. The number of nitrogen functional groups attached to an aromatic ring is 1. The van der Waals surface area contributed by atoms with Gasteiger partial charge in [0.15, 0.2) is 0 Å². The Bertz CT molecular complexity index is 453. The molecule has 0 unspecified atom stereocenters. The molecule has 2 rings (SSSR count). The van der Waals surface area contributed by atoms with E-state index in [-0.39, 0.29) is 0 Å². The minimum Gasteiger partial charge on any atom is -0.368 e. The topological polar surface area (TPSA) is 64.7 Å². The van der Waals surface area contributed by atoms with Crippen molar-refractivity contribution in [1.82, 2.24) is 15.0 Å². The first kappa shape index (κ1) is 11.0. The van der Waals surface area contributed by atoms with Crippen LogP contribution in [0.3, 0.4) is 0 Å². The van der Waals surface area contributed by atoms with Crippen LogP contribution >= 0.6 is 11.3 Å². The molecule has 0 radical (unpaired) electrons. The summed E-state index contributed by atoms with van der Waals surface area (Å²) in [6, 6.07) is 4.10. The molecule has 0 aliphatic heterocycles. The number of thiophene rings is 1. The Labute approximate surface area is 98.6 Å². The van der Waals surface area contributed by atoms with Crippen LogP contribution in [0, 0.1) is 0 Å². The van der Waals surface area contributed by atoms with Gasteiger partial charge >= 0.3 is 0 Å². The summed E-state index contributed by atoms with van der Waals surface area (Å²) < 4.78 is 0. The summed E-state index contributed by atoms with van der Waals surface area (Å²) in [5, 5.41) is 2.05. The maximum absolute atomic E-state index is 5.66. The molecule has 2 heterocycles. The van der Waals surface area contributed by atoms with Gasteiger partial charge in [0.25, 0.3) is 0 Å². The van der Waals surface area contributed by atoms with Gasteiger partial charge in [0.05, 0.1) is 0 Å². The molecule has 2 aromatic rings. The number of nitrogens with zero attached hydrogens (tertiary/aromatic N) is 3. The summed E-state index contributed by atoms with van der Waals surface area (Å²) in [7, 11) is 0. The number of hydrogen-bond donors (Lipinski definition) is 1. The van der Waals surface area contributed by atoms with E-state index in [2.05, 4.69) is 27.9 Å². The maximum atomic E-state index is 5.66. The van der Waals surface area contributed by atoms with E-state index in [4.69, 9.17) is 5.73 Å². The highest BCUT2D eigenvalue weighted by atomic mass is 32.1. The van der Waals surface area contributed by atoms with Crippen LogP contribution < -0.4 is 5.73 Å². The highest BCUT2D eigenvalue weighted by Crippen LogP contribution is 2.13. The SMILES string of the molecule is CCCc1nc(N)nc(Cc2cccs2)n1. The first-order valence-corrected chi connectivity index (χ1v) is 6.17. The zero-order valence-corrected chi connectivity index (χ0v) is 10.00. The largest absolute Gasteiger partial charge is 0.368 e. The van der Waals surface area contributed by atoms with Crippen molar-refractivity contribution >= 4 is 17.3 Å². The molecule has 0 saturated carbocycles. The number of nitrogens with two attached hydrogens (primary N) is 1. The van der Waals surface area contributed by atoms with Gasteiger partial charge in [0.2, 0.25) is 5.95 Å². The summed E-state index contributed by atoms with van der Waals surface area (Å²) in [5.74, 6) is 1.88. The average Bonchev–Trinajstić information content (AvgIpc) is 2.70. The number of anilines is 1. The highest BCUT2D eigenvalue weighted by Gasteiger charge is 2.05. The van der Waals surface area contributed by atoms with Crippen molar-refractivity contribution < 1.29 is 0 Å². The minimum atomic E-state index is 0.324. The Hall–Kier alpha value is -1.49. The Balaban J connectivity index is 2.20. The zero-order valence-electron chi connectivity index (χ0n) is 9.18. The molecule has 0 aromatic carbocycles. The van der Waals surface area contributed by atoms with Crippen LogP contribution in [0.1, 0.15) is 29.9 Å². The molecule has 16 heavy (non-hydrogen) atoms. The van der Waals surface area contributed by atoms with Gasteiger partial charge in [0.1, 0.15) is 11.6 Å². The molecular formula is C11H14N4S. The van der Waals surface area contributed by atoms with Crippen molar-refractivity contribution in [2.75, 3.05) is 5.73 Å². The molecule has 0 aliphatic rings. The third-order valence-electron chi connectivity index (χ3n) is 2.13. The number of aromatic nitrogens is 3. The van der Waals surface area contributed by atoms with E-state index in [1.165, 1.54) is 4.88 Å². The second kappa shape index (κ2) is 5.03. The zero-order chi connectivity index (χ0) is 11.4. The van der Waals surface area contributed by atoms with Crippen LogP contribution in [0.15, 0.2) is 17.5 Å². The van der Waals surface area contributed by atoms with Gasteiger partial charge in [-0.2, -0.15) is 9.97 Å². The van der Waals surface area contributed by atoms with E-state index < -0.39 is 0 Å². The highest BCUT2D eigenvalue weighted by molar-refractivity contribution is 7.09. The first-order valence-electron chi connectivity index (χ1n) is 5.29. The normalized spacial score (nSPS) is 10.6. The second-order valence-electron chi connectivity index (χ2n) is 3.53. The van der Waals surface area contributed by atoms with Crippen molar-refractivity contribution in [3.63, 3.8) is 0 Å². The molecule has 0 saturated heterocycles. The Morgan fingerprint density at radius 3 is 2.75 bits per heavy atom. The standard InChI is InChI=1S/C11H14N4S/c1-2-4-9-13-10(15-11(12)14-9)7-8-5-3-6-16-8/h3,5-6H,2,4,7H2,1H3,(H2,12,13,14,15). The fourth-order valence-corrected chi connectivity index (χ4v) is 2.17. The molecule has 0 amide bonds. The van der Waals surface area contributed by atoms with E-state index >= 15 is 0 Å². The average molecular weight is 234 g/mol. The van der Waals surface area contributed by atoms with Gasteiger partial charge in [0, 0.05) is 17.7 Å². The summed E-state index contributed by atoms with van der Waals surface area (Å²) in [6.07, 6.45) is 2.60. The quantitative estimate of drug-likeness (QED) is 0.879. The lowest BCUT2D eigenvalue weighted by molar-refractivity contribution is 0.794. The Kier molecular flexibility index (Phi) is 3.46.